The number of piperidine rings is 1. The molecule has 8 heteroatoms. The third-order valence-corrected chi connectivity index (χ3v) is 5.25. The maximum Gasteiger partial charge on any atom is 0.228 e. The number of nitriles is 1. The van der Waals surface area contributed by atoms with Crippen LogP contribution < -0.4 is 10.2 Å². The second-order valence-corrected chi connectivity index (χ2v) is 7.47. The Morgan fingerprint density at radius 1 is 1.13 bits per heavy atom. The fourth-order valence-corrected chi connectivity index (χ4v) is 3.72. The van der Waals surface area contributed by atoms with Crippen LogP contribution in [0.5, 0.6) is 0 Å². The molecule has 8 nitrogen and oxygen atoms in total. The van der Waals surface area contributed by atoms with Crippen molar-refractivity contribution in [3.63, 3.8) is 0 Å². The topological polar surface area (TPSA) is 99.7 Å². The highest BCUT2D eigenvalue weighted by Gasteiger charge is 2.28. The summed E-state index contributed by atoms with van der Waals surface area (Å²) in [6.45, 7) is 5.34. The number of aromatic nitrogens is 4. The standard InChI is InChI=1S/C22H23N7O/c1-15-12-16(2)26-22(25-15)28-10-8-17(9-11-28)21(30)27-20-18(13-23)14-24-29(20)19-6-4-3-5-7-19/h3-7,12,14,17H,8-11H2,1-2H3,(H,27,30). The molecular formula is C22H23N7O. The molecule has 1 aromatic carbocycles. The van der Waals surface area contributed by atoms with Crippen LogP contribution in [0.1, 0.15) is 29.8 Å². The summed E-state index contributed by atoms with van der Waals surface area (Å²) in [5.74, 6) is 0.900. The van der Waals surface area contributed by atoms with Crippen molar-refractivity contribution in [1.82, 2.24) is 19.7 Å². The summed E-state index contributed by atoms with van der Waals surface area (Å²) in [5.41, 5.74) is 3.01. The smallest absolute Gasteiger partial charge is 0.228 e. The summed E-state index contributed by atoms with van der Waals surface area (Å²) >= 11 is 0. The summed E-state index contributed by atoms with van der Waals surface area (Å²) in [4.78, 5) is 24.1. The number of anilines is 2. The molecule has 4 rings (SSSR count). The van der Waals surface area contributed by atoms with E-state index >= 15 is 0 Å². The summed E-state index contributed by atoms with van der Waals surface area (Å²) in [6, 6.07) is 13.5. The summed E-state index contributed by atoms with van der Waals surface area (Å²) in [5, 5.41) is 16.7. The third-order valence-electron chi connectivity index (χ3n) is 5.25. The normalized spacial score (nSPS) is 14.4. The van der Waals surface area contributed by atoms with Crippen LogP contribution in [0.3, 0.4) is 0 Å². The maximum absolute atomic E-state index is 13.0. The van der Waals surface area contributed by atoms with Gasteiger partial charge in [-0.15, -0.1) is 0 Å². The largest absolute Gasteiger partial charge is 0.341 e. The van der Waals surface area contributed by atoms with E-state index in [4.69, 9.17) is 0 Å². The average molecular weight is 401 g/mol. The van der Waals surface area contributed by atoms with Gasteiger partial charge in [0.1, 0.15) is 11.6 Å². The molecule has 0 saturated carbocycles. The van der Waals surface area contributed by atoms with Gasteiger partial charge in [0.25, 0.3) is 0 Å². The van der Waals surface area contributed by atoms with Gasteiger partial charge in [-0.25, -0.2) is 14.6 Å². The van der Waals surface area contributed by atoms with Crippen LogP contribution in [0.15, 0.2) is 42.6 Å². The molecular weight excluding hydrogens is 378 g/mol. The van der Waals surface area contributed by atoms with Gasteiger partial charge < -0.3 is 10.2 Å². The lowest BCUT2D eigenvalue weighted by atomic mass is 9.96. The Morgan fingerprint density at radius 2 is 1.80 bits per heavy atom. The molecule has 152 valence electrons. The lowest BCUT2D eigenvalue weighted by Gasteiger charge is -2.31. The second kappa shape index (κ2) is 8.33. The molecule has 1 aliphatic rings. The number of carbonyl (C=O) groups excluding carboxylic acids is 1. The first-order chi connectivity index (χ1) is 14.5. The van der Waals surface area contributed by atoms with E-state index in [1.54, 1.807) is 4.68 Å². The molecule has 0 unspecified atom stereocenters. The Bertz CT molecular complexity index is 1070. The summed E-state index contributed by atoms with van der Waals surface area (Å²) < 4.78 is 1.59. The lowest BCUT2D eigenvalue weighted by molar-refractivity contribution is -0.120. The number of nitrogens with zero attached hydrogens (tertiary/aromatic N) is 6. The van der Waals surface area contributed by atoms with Crippen LogP contribution >= 0.6 is 0 Å². The predicted molar refractivity (Wildman–Crippen MR) is 113 cm³/mol. The molecule has 2 aromatic heterocycles. The van der Waals surface area contributed by atoms with Gasteiger partial charge in [-0.1, -0.05) is 18.2 Å². The molecule has 1 aliphatic heterocycles. The van der Waals surface area contributed by atoms with Crippen molar-refractivity contribution in [2.75, 3.05) is 23.3 Å². The third kappa shape index (κ3) is 4.01. The number of para-hydroxylation sites is 1. The minimum absolute atomic E-state index is 0.0924. The number of hydrogen-bond donors (Lipinski definition) is 1. The van der Waals surface area contributed by atoms with E-state index in [1.807, 2.05) is 50.2 Å². The lowest BCUT2D eigenvalue weighted by Crippen LogP contribution is -2.39. The Morgan fingerprint density at radius 3 is 2.43 bits per heavy atom. The van der Waals surface area contributed by atoms with Crippen molar-refractivity contribution < 1.29 is 4.79 Å². The van der Waals surface area contributed by atoms with Crippen LogP contribution in [-0.4, -0.2) is 38.7 Å². The highest BCUT2D eigenvalue weighted by Crippen LogP contribution is 2.25. The first-order valence-electron chi connectivity index (χ1n) is 9.97. The van der Waals surface area contributed by atoms with Gasteiger partial charge in [0.2, 0.25) is 11.9 Å². The van der Waals surface area contributed by atoms with Crippen molar-refractivity contribution in [3.8, 4) is 11.8 Å². The van der Waals surface area contributed by atoms with Crippen LogP contribution in [0.4, 0.5) is 11.8 Å². The first-order valence-corrected chi connectivity index (χ1v) is 9.97. The van der Waals surface area contributed by atoms with Crippen LogP contribution in [0, 0.1) is 31.1 Å². The molecule has 1 amide bonds. The number of rotatable bonds is 4. The van der Waals surface area contributed by atoms with Crippen molar-refractivity contribution in [2.24, 2.45) is 5.92 Å². The molecule has 3 aromatic rings. The van der Waals surface area contributed by atoms with Crippen molar-refractivity contribution >= 4 is 17.7 Å². The fraction of sp³-hybridized carbons (Fsp3) is 0.318. The highest BCUT2D eigenvalue weighted by atomic mass is 16.2. The number of aryl methyl sites for hydroxylation is 2. The van der Waals surface area contributed by atoms with Gasteiger partial charge in [-0.3, -0.25) is 4.79 Å². The SMILES string of the molecule is Cc1cc(C)nc(N2CCC(C(=O)Nc3c(C#N)cnn3-c3ccccc3)CC2)n1. The van der Waals surface area contributed by atoms with Crippen molar-refractivity contribution in [3.05, 3.63) is 59.5 Å². The number of carbonyl (C=O) groups is 1. The second-order valence-electron chi connectivity index (χ2n) is 7.47. The molecule has 0 bridgehead atoms. The van der Waals surface area contributed by atoms with E-state index in [2.05, 4.69) is 31.4 Å². The number of benzene rings is 1. The number of amides is 1. The van der Waals surface area contributed by atoms with E-state index in [-0.39, 0.29) is 11.8 Å². The minimum atomic E-state index is -0.141. The zero-order chi connectivity index (χ0) is 21.1. The predicted octanol–water partition coefficient (Wildman–Crippen LogP) is 3.01. The molecule has 1 saturated heterocycles. The Balaban J connectivity index is 1.46. The van der Waals surface area contributed by atoms with E-state index in [0.29, 0.717) is 37.3 Å². The molecule has 1 N–H and O–H groups in total. The quantitative estimate of drug-likeness (QED) is 0.721. The van der Waals surface area contributed by atoms with Crippen molar-refractivity contribution in [1.29, 1.82) is 5.26 Å². The zero-order valence-corrected chi connectivity index (χ0v) is 17.0. The molecule has 30 heavy (non-hydrogen) atoms. The monoisotopic (exact) mass is 401 g/mol. The van der Waals surface area contributed by atoms with Gasteiger partial charge >= 0.3 is 0 Å². The van der Waals surface area contributed by atoms with E-state index in [9.17, 15) is 10.1 Å². The molecule has 3 heterocycles. The van der Waals surface area contributed by atoms with E-state index in [0.717, 1.165) is 23.0 Å². The van der Waals surface area contributed by atoms with Crippen LogP contribution in [-0.2, 0) is 4.79 Å². The maximum atomic E-state index is 13.0. The molecule has 0 aliphatic carbocycles. The molecule has 1 fully saturated rings. The molecule has 0 radical (unpaired) electrons. The zero-order valence-electron chi connectivity index (χ0n) is 17.0. The minimum Gasteiger partial charge on any atom is -0.341 e. The van der Waals surface area contributed by atoms with Gasteiger partial charge in [0.05, 0.1) is 11.9 Å². The summed E-state index contributed by atoms with van der Waals surface area (Å²) in [7, 11) is 0. The first kappa shape index (κ1) is 19.6. The number of nitrogens with one attached hydrogen (secondary N) is 1. The van der Waals surface area contributed by atoms with Gasteiger partial charge in [0.15, 0.2) is 5.82 Å². The van der Waals surface area contributed by atoms with Gasteiger partial charge in [0, 0.05) is 30.4 Å². The van der Waals surface area contributed by atoms with Gasteiger partial charge in [-0.05, 0) is 44.9 Å². The molecule has 0 spiro atoms. The van der Waals surface area contributed by atoms with Crippen molar-refractivity contribution in [2.45, 2.75) is 26.7 Å². The Hall–Kier alpha value is -3.73. The van der Waals surface area contributed by atoms with Crippen LogP contribution in [0.25, 0.3) is 5.69 Å². The Kier molecular flexibility index (Phi) is 5.44. The fourth-order valence-electron chi connectivity index (χ4n) is 3.72. The van der Waals surface area contributed by atoms with E-state index < -0.39 is 0 Å². The average Bonchev–Trinajstić information content (AvgIpc) is 3.16. The highest BCUT2D eigenvalue weighted by molar-refractivity contribution is 5.93. The Labute approximate surface area is 175 Å². The number of hydrogen-bond acceptors (Lipinski definition) is 6. The molecule has 0 atom stereocenters. The van der Waals surface area contributed by atoms with Crippen LogP contribution in [0.2, 0.25) is 0 Å². The van der Waals surface area contributed by atoms with Gasteiger partial charge in [-0.2, -0.15) is 10.4 Å². The summed E-state index contributed by atoms with van der Waals surface area (Å²) in [6.07, 6.45) is 2.87. The van der Waals surface area contributed by atoms with E-state index in [1.165, 1.54) is 6.20 Å².